The van der Waals surface area contributed by atoms with Crippen LogP contribution in [0.1, 0.15) is 0 Å². The van der Waals surface area contributed by atoms with Gasteiger partial charge in [0.1, 0.15) is 0 Å². The Morgan fingerprint density at radius 1 is 0.455 bits per heavy atom. The van der Waals surface area contributed by atoms with Crippen LogP contribution in [0.15, 0.2) is 0 Å². The van der Waals surface area contributed by atoms with E-state index in [9.17, 15) is 91.5 Å². The lowest BCUT2D eigenvalue weighted by Crippen LogP contribution is -2.75. The Labute approximate surface area is 173 Å². The van der Waals surface area contributed by atoms with E-state index >= 15 is 0 Å². The number of halogens is 18. The van der Waals surface area contributed by atoms with Gasteiger partial charge >= 0.3 is 56.2 Å². The van der Waals surface area contributed by atoms with Crippen molar-refractivity contribution in [2.24, 2.45) is 0 Å². The van der Waals surface area contributed by atoms with Crippen LogP contribution in [0.4, 0.5) is 74.6 Å². The van der Waals surface area contributed by atoms with Crippen LogP contribution < -0.4 is 4.13 Å². The van der Waals surface area contributed by atoms with E-state index in [-0.39, 0.29) is 0 Å². The van der Waals surface area contributed by atoms with Crippen molar-refractivity contribution >= 4 is 29.9 Å². The largest absolute Gasteiger partial charge is 0.460 e. The standard InChI is InChI=1S/C8HClF17NO4S2/c9-33(30,31)27-32(28,29)8(25,26)6(20,21)4(16,17)2(12,13)1(10,11)3(14,15)5(18,19)7(22,23)24/h27H. The van der Waals surface area contributed by atoms with Gasteiger partial charge in [-0.3, -0.25) is 0 Å². The van der Waals surface area contributed by atoms with Crippen molar-refractivity contribution < 1.29 is 91.5 Å². The van der Waals surface area contributed by atoms with E-state index in [2.05, 4.69) is 10.7 Å². The maximum atomic E-state index is 13.4. The molecule has 0 radical (unpaired) electrons. The first-order valence-corrected chi connectivity index (χ1v) is 10.2. The smallest absolute Gasteiger partial charge is 0.205 e. The Kier molecular flexibility index (Phi) is 7.49. The van der Waals surface area contributed by atoms with Crippen LogP contribution in [0, 0.1) is 0 Å². The highest BCUT2D eigenvalue weighted by Crippen LogP contribution is 2.64. The van der Waals surface area contributed by atoms with Gasteiger partial charge < -0.3 is 0 Å². The Hall–Kier alpha value is -1.04. The molecule has 0 aliphatic heterocycles. The minimum Gasteiger partial charge on any atom is -0.205 e. The molecule has 1 N–H and O–H groups in total. The van der Waals surface area contributed by atoms with Gasteiger partial charge in [0.15, 0.2) is 0 Å². The molecular formula is C8HClF17NO4S2. The summed E-state index contributed by atoms with van der Waals surface area (Å²) in [7, 11) is -10.2. The maximum absolute atomic E-state index is 13.4. The van der Waals surface area contributed by atoms with E-state index in [1.54, 1.807) is 0 Å². The van der Waals surface area contributed by atoms with Gasteiger partial charge in [-0.25, -0.2) is 8.42 Å². The van der Waals surface area contributed by atoms with E-state index in [4.69, 9.17) is 0 Å². The van der Waals surface area contributed by atoms with Crippen LogP contribution in [0.2, 0.25) is 0 Å². The lowest BCUT2D eigenvalue weighted by molar-refractivity contribution is -0.458. The first-order chi connectivity index (χ1) is 13.7. The zero-order valence-corrected chi connectivity index (χ0v) is 16.1. The molecule has 0 amide bonds. The molecule has 200 valence electrons. The van der Waals surface area contributed by atoms with Gasteiger partial charge in [-0.1, -0.05) is 4.13 Å². The lowest BCUT2D eigenvalue weighted by Gasteiger charge is -2.42. The zero-order chi connectivity index (χ0) is 27.7. The highest BCUT2D eigenvalue weighted by molar-refractivity contribution is 8.19. The first kappa shape index (κ1) is 32.0. The Morgan fingerprint density at radius 2 is 0.697 bits per heavy atom. The van der Waals surface area contributed by atoms with Gasteiger partial charge in [-0.05, 0) is 0 Å². The van der Waals surface area contributed by atoms with Gasteiger partial charge in [0.25, 0.3) is 10.0 Å². The van der Waals surface area contributed by atoms with Crippen LogP contribution in [0.5, 0.6) is 0 Å². The Bertz CT molecular complexity index is 969. The first-order valence-electron chi connectivity index (χ1n) is 6.40. The Balaban J connectivity index is 7.02. The third-order valence-electron chi connectivity index (χ3n) is 3.24. The van der Waals surface area contributed by atoms with E-state index in [1.165, 1.54) is 0 Å². The summed E-state index contributed by atoms with van der Waals surface area (Å²) >= 11 is 0. The second-order valence-corrected chi connectivity index (χ2v) is 9.77. The van der Waals surface area contributed by atoms with E-state index < -0.39 is 70.4 Å². The minimum atomic E-state index is -9.01. The predicted molar refractivity (Wildman–Crippen MR) is 67.5 cm³/mol. The van der Waals surface area contributed by atoms with Crippen molar-refractivity contribution in [2.75, 3.05) is 0 Å². The van der Waals surface area contributed by atoms with Crippen molar-refractivity contribution in [3.8, 4) is 0 Å². The topological polar surface area (TPSA) is 80.3 Å². The molecule has 0 spiro atoms. The number of nitrogens with one attached hydrogen (secondary N) is 1. The summed E-state index contributed by atoms with van der Waals surface area (Å²) in [5.41, 5.74) is 0. The third kappa shape index (κ3) is 4.38. The molecule has 0 aliphatic carbocycles. The van der Waals surface area contributed by atoms with Gasteiger partial charge in [-0.15, -0.1) is 0 Å². The minimum absolute atomic E-state index is 0.724. The fraction of sp³-hybridized carbons (Fsp3) is 1.00. The summed E-state index contributed by atoms with van der Waals surface area (Å²) in [6.45, 7) is 0. The molecule has 33 heavy (non-hydrogen) atoms. The summed E-state index contributed by atoms with van der Waals surface area (Å²) in [5.74, 6) is -52.7. The molecule has 0 saturated carbocycles. The molecule has 0 saturated heterocycles. The summed E-state index contributed by atoms with van der Waals surface area (Å²) in [4.78, 5) is 0. The Morgan fingerprint density at radius 3 is 0.939 bits per heavy atom. The normalized spacial score (nSPS) is 16.8. The average molecular weight is 598 g/mol. The number of alkyl halides is 17. The second kappa shape index (κ2) is 7.73. The highest BCUT2D eigenvalue weighted by atomic mass is 35.7. The second-order valence-electron chi connectivity index (χ2n) is 5.49. The highest BCUT2D eigenvalue weighted by Gasteiger charge is 2.96. The molecule has 0 aromatic rings. The van der Waals surface area contributed by atoms with Gasteiger partial charge in [0.2, 0.25) is 0 Å². The van der Waals surface area contributed by atoms with Gasteiger partial charge in [0, 0.05) is 10.7 Å². The van der Waals surface area contributed by atoms with Crippen LogP contribution >= 0.6 is 10.7 Å². The van der Waals surface area contributed by atoms with E-state index in [0.29, 0.717) is 0 Å². The molecule has 0 aromatic carbocycles. The summed E-state index contributed by atoms with van der Waals surface area (Å²) in [6.07, 6.45) is -7.94. The van der Waals surface area contributed by atoms with Crippen LogP contribution in [0.3, 0.4) is 0 Å². The SMILES string of the molecule is O=S(=O)(Cl)NS(=O)(=O)C(F)(F)C(F)(F)C(F)(F)C(F)(F)C(F)(F)C(F)(F)C(F)(F)C(F)(F)F. The molecule has 0 atom stereocenters. The molecule has 0 rings (SSSR count). The summed E-state index contributed by atoms with van der Waals surface area (Å²) in [5, 5.41) is -8.01. The average Bonchev–Trinajstić information content (AvgIpc) is 2.49. The molecule has 25 heteroatoms. The quantitative estimate of drug-likeness (QED) is 0.317. The molecule has 0 unspecified atom stereocenters. The number of rotatable bonds is 9. The molecular weight excluding hydrogens is 597 g/mol. The molecule has 0 bridgehead atoms. The summed E-state index contributed by atoms with van der Waals surface area (Å²) in [6, 6.07) is 0. The van der Waals surface area contributed by atoms with Gasteiger partial charge in [0.05, 0.1) is 0 Å². The van der Waals surface area contributed by atoms with E-state index in [1.807, 2.05) is 0 Å². The predicted octanol–water partition coefficient (Wildman–Crippen LogP) is 4.36. The number of sulfonamides is 1. The lowest BCUT2D eigenvalue weighted by atomic mass is 9.91. The molecule has 0 fully saturated rings. The molecule has 0 aliphatic rings. The van der Waals surface area contributed by atoms with Gasteiger partial charge in [-0.2, -0.15) is 83.1 Å². The van der Waals surface area contributed by atoms with Crippen molar-refractivity contribution in [1.82, 2.24) is 4.13 Å². The number of hydrogen-bond donors (Lipinski definition) is 1. The fourth-order valence-corrected chi connectivity index (χ4v) is 4.18. The van der Waals surface area contributed by atoms with Crippen LogP contribution in [-0.4, -0.2) is 63.8 Å². The third-order valence-corrected chi connectivity index (χ3v) is 6.41. The van der Waals surface area contributed by atoms with Crippen molar-refractivity contribution in [3.63, 3.8) is 0 Å². The van der Waals surface area contributed by atoms with Crippen molar-refractivity contribution in [2.45, 2.75) is 47.0 Å². The van der Waals surface area contributed by atoms with E-state index in [0.717, 1.165) is 0 Å². The molecule has 5 nitrogen and oxygen atoms in total. The molecule has 0 aromatic heterocycles. The maximum Gasteiger partial charge on any atom is 0.460 e. The van der Waals surface area contributed by atoms with Crippen LogP contribution in [0.25, 0.3) is 0 Å². The molecule has 0 heterocycles. The van der Waals surface area contributed by atoms with Crippen LogP contribution in [-0.2, 0) is 19.3 Å². The zero-order valence-electron chi connectivity index (χ0n) is 13.8. The fourth-order valence-electron chi connectivity index (χ4n) is 1.50. The summed E-state index contributed by atoms with van der Waals surface area (Å²) < 4.78 is 261. The van der Waals surface area contributed by atoms with Crippen molar-refractivity contribution in [1.29, 1.82) is 0 Å². The van der Waals surface area contributed by atoms with Crippen molar-refractivity contribution in [3.05, 3.63) is 0 Å². The number of hydrogen-bond acceptors (Lipinski definition) is 4. The monoisotopic (exact) mass is 597 g/mol.